The predicted molar refractivity (Wildman–Crippen MR) is 99.5 cm³/mol. The van der Waals surface area contributed by atoms with Crippen LogP contribution in [0.3, 0.4) is 0 Å². The van der Waals surface area contributed by atoms with Crippen molar-refractivity contribution in [3.05, 3.63) is 29.3 Å². The number of fused-ring (bicyclic) bond motifs is 1. The van der Waals surface area contributed by atoms with Gasteiger partial charge in [-0.05, 0) is 62.8 Å². The summed E-state index contributed by atoms with van der Waals surface area (Å²) < 4.78 is 33.2. The van der Waals surface area contributed by atoms with E-state index in [2.05, 4.69) is 4.72 Å². The third-order valence-corrected chi connectivity index (χ3v) is 6.65. The van der Waals surface area contributed by atoms with Crippen molar-refractivity contribution < 1.29 is 17.9 Å². The van der Waals surface area contributed by atoms with E-state index in [0.29, 0.717) is 18.0 Å². The van der Waals surface area contributed by atoms with E-state index < -0.39 is 10.0 Å². The summed E-state index contributed by atoms with van der Waals surface area (Å²) in [5.74, 6) is -0.0409. The molecule has 26 heavy (non-hydrogen) atoms. The van der Waals surface area contributed by atoms with E-state index in [1.54, 1.807) is 17.0 Å². The maximum atomic E-state index is 12.5. The number of carbonyl (C=O) groups is 1. The Balaban J connectivity index is 1.57. The van der Waals surface area contributed by atoms with E-state index in [1.165, 1.54) is 5.56 Å². The number of hydrogen-bond donors (Lipinski definition) is 1. The molecule has 1 aromatic carbocycles. The molecule has 1 heterocycles. The van der Waals surface area contributed by atoms with Crippen LogP contribution in [0.5, 0.6) is 0 Å². The fraction of sp³-hybridized carbons (Fsp3) is 0.632. The number of rotatable bonds is 5. The number of amides is 1. The Kier molecular flexibility index (Phi) is 5.99. The third kappa shape index (κ3) is 4.45. The molecule has 0 radical (unpaired) electrons. The minimum Gasteiger partial charge on any atom is -0.375 e. The largest absolute Gasteiger partial charge is 0.375 e. The molecule has 1 saturated heterocycles. The van der Waals surface area contributed by atoms with Gasteiger partial charge in [-0.25, -0.2) is 13.1 Å². The number of hydrogen-bond acceptors (Lipinski definition) is 4. The average molecular weight is 381 g/mol. The summed E-state index contributed by atoms with van der Waals surface area (Å²) in [7, 11) is -3.59. The molecule has 1 aromatic rings. The molecule has 1 aliphatic carbocycles. The molecule has 0 aromatic heterocycles. The van der Waals surface area contributed by atoms with Crippen LogP contribution in [0.4, 0.5) is 0 Å². The van der Waals surface area contributed by atoms with Crippen molar-refractivity contribution >= 4 is 15.9 Å². The summed E-state index contributed by atoms with van der Waals surface area (Å²) in [5.41, 5.74) is 2.38. The highest BCUT2D eigenvalue weighted by atomic mass is 32.2. The highest BCUT2D eigenvalue weighted by Crippen LogP contribution is 2.24. The molecular formula is C19H28N2O4S. The number of ether oxygens (including phenoxy) is 1. The standard InChI is InChI=1S/C19H28N2O4S/c1-14-13-25-15(2)12-21(14)19(22)9-10-20-26(23,24)18-8-7-16-5-3-4-6-17(16)11-18/h7-8,11,14-15,20H,3-6,9-10,12-13H2,1-2H3. The van der Waals surface area contributed by atoms with Crippen molar-refractivity contribution in [3.63, 3.8) is 0 Å². The van der Waals surface area contributed by atoms with Gasteiger partial charge in [0.25, 0.3) is 0 Å². The SMILES string of the molecule is CC1CN(C(=O)CCNS(=O)(=O)c2ccc3c(c2)CCCC3)C(C)CO1. The third-order valence-electron chi connectivity index (χ3n) is 5.19. The van der Waals surface area contributed by atoms with Crippen LogP contribution < -0.4 is 4.72 Å². The maximum absolute atomic E-state index is 12.5. The zero-order valence-electron chi connectivity index (χ0n) is 15.5. The molecule has 2 aliphatic rings. The van der Waals surface area contributed by atoms with E-state index in [-0.39, 0.29) is 31.0 Å². The van der Waals surface area contributed by atoms with Crippen LogP contribution in [-0.2, 0) is 32.4 Å². The smallest absolute Gasteiger partial charge is 0.240 e. The fourth-order valence-electron chi connectivity index (χ4n) is 3.65. The molecule has 3 rings (SSSR count). The molecule has 1 amide bonds. The van der Waals surface area contributed by atoms with Gasteiger partial charge in [-0.1, -0.05) is 6.07 Å². The second kappa shape index (κ2) is 8.06. The molecule has 0 bridgehead atoms. The van der Waals surface area contributed by atoms with Gasteiger partial charge in [-0.3, -0.25) is 4.79 Å². The topological polar surface area (TPSA) is 75.7 Å². The molecule has 144 valence electrons. The average Bonchev–Trinajstić information content (AvgIpc) is 2.63. The maximum Gasteiger partial charge on any atom is 0.240 e. The van der Waals surface area contributed by atoms with Crippen molar-refractivity contribution in [3.8, 4) is 0 Å². The van der Waals surface area contributed by atoms with Crippen molar-refractivity contribution in [1.82, 2.24) is 9.62 Å². The predicted octanol–water partition coefficient (Wildman–Crippen LogP) is 1.87. The highest BCUT2D eigenvalue weighted by molar-refractivity contribution is 7.89. The number of nitrogens with one attached hydrogen (secondary N) is 1. The lowest BCUT2D eigenvalue weighted by Gasteiger charge is -2.36. The van der Waals surface area contributed by atoms with Gasteiger partial charge in [-0.15, -0.1) is 0 Å². The Hall–Kier alpha value is -1.44. The molecule has 2 atom stereocenters. The number of carbonyl (C=O) groups excluding carboxylic acids is 1. The molecule has 1 aliphatic heterocycles. The Bertz CT molecular complexity index is 763. The minimum absolute atomic E-state index is 0.0161. The van der Waals surface area contributed by atoms with Gasteiger partial charge in [0.1, 0.15) is 0 Å². The Morgan fingerprint density at radius 3 is 2.73 bits per heavy atom. The van der Waals surface area contributed by atoms with Crippen LogP contribution in [0.1, 0.15) is 44.2 Å². The molecular weight excluding hydrogens is 352 g/mol. The summed E-state index contributed by atoms with van der Waals surface area (Å²) >= 11 is 0. The molecule has 7 heteroatoms. The molecule has 2 unspecified atom stereocenters. The van der Waals surface area contributed by atoms with Gasteiger partial charge < -0.3 is 9.64 Å². The van der Waals surface area contributed by atoms with Gasteiger partial charge in [0, 0.05) is 19.5 Å². The fourth-order valence-corrected chi connectivity index (χ4v) is 4.73. The van der Waals surface area contributed by atoms with E-state index in [9.17, 15) is 13.2 Å². The Labute approximate surface area is 156 Å². The van der Waals surface area contributed by atoms with Crippen LogP contribution in [0.25, 0.3) is 0 Å². The first-order valence-corrected chi connectivity index (χ1v) is 10.9. The lowest BCUT2D eigenvalue weighted by molar-refractivity contribution is -0.143. The zero-order chi connectivity index (χ0) is 18.7. The van der Waals surface area contributed by atoms with E-state index in [0.717, 1.165) is 31.2 Å². The lowest BCUT2D eigenvalue weighted by Crippen LogP contribution is -2.50. The number of morpholine rings is 1. The van der Waals surface area contributed by atoms with Crippen molar-refractivity contribution in [2.75, 3.05) is 19.7 Å². The van der Waals surface area contributed by atoms with Crippen LogP contribution in [0.2, 0.25) is 0 Å². The lowest BCUT2D eigenvalue weighted by atomic mass is 9.92. The van der Waals surface area contributed by atoms with Gasteiger partial charge >= 0.3 is 0 Å². The van der Waals surface area contributed by atoms with Crippen LogP contribution in [0.15, 0.2) is 23.1 Å². The number of benzene rings is 1. The summed E-state index contributed by atoms with van der Waals surface area (Å²) in [6, 6.07) is 5.39. The normalized spacial score (nSPS) is 23.5. The molecule has 6 nitrogen and oxygen atoms in total. The number of aryl methyl sites for hydroxylation is 2. The number of sulfonamides is 1. The Morgan fingerprint density at radius 1 is 1.23 bits per heavy atom. The summed E-state index contributed by atoms with van der Waals surface area (Å²) in [5, 5.41) is 0. The summed E-state index contributed by atoms with van der Waals surface area (Å²) in [4.78, 5) is 14.5. The summed E-state index contributed by atoms with van der Waals surface area (Å²) in [6.07, 6.45) is 4.40. The molecule has 0 spiro atoms. The van der Waals surface area contributed by atoms with Gasteiger partial charge in [0.05, 0.1) is 23.6 Å². The van der Waals surface area contributed by atoms with Crippen LogP contribution in [-0.4, -0.2) is 51.1 Å². The van der Waals surface area contributed by atoms with Gasteiger partial charge in [-0.2, -0.15) is 0 Å². The molecule has 0 saturated carbocycles. The highest BCUT2D eigenvalue weighted by Gasteiger charge is 2.27. The summed E-state index contributed by atoms with van der Waals surface area (Å²) in [6.45, 7) is 5.06. The Morgan fingerprint density at radius 2 is 1.96 bits per heavy atom. The van der Waals surface area contributed by atoms with Crippen molar-refractivity contribution in [2.45, 2.75) is 63.0 Å². The van der Waals surface area contributed by atoms with Crippen LogP contribution >= 0.6 is 0 Å². The van der Waals surface area contributed by atoms with E-state index >= 15 is 0 Å². The first kappa shape index (κ1) is 19.3. The van der Waals surface area contributed by atoms with E-state index in [1.807, 2.05) is 19.9 Å². The van der Waals surface area contributed by atoms with Gasteiger partial charge in [0.15, 0.2) is 0 Å². The first-order valence-electron chi connectivity index (χ1n) is 9.39. The zero-order valence-corrected chi connectivity index (χ0v) is 16.3. The van der Waals surface area contributed by atoms with Crippen molar-refractivity contribution in [1.29, 1.82) is 0 Å². The van der Waals surface area contributed by atoms with E-state index in [4.69, 9.17) is 4.74 Å². The first-order chi connectivity index (χ1) is 12.4. The second-order valence-electron chi connectivity index (χ2n) is 7.32. The molecule has 1 fully saturated rings. The monoisotopic (exact) mass is 380 g/mol. The van der Waals surface area contributed by atoms with Gasteiger partial charge in [0.2, 0.25) is 15.9 Å². The quantitative estimate of drug-likeness (QED) is 0.846. The molecule has 1 N–H and O–H groups in total. The van der Waals surface area contributed by atoms with Crippen LogP contribution in [0, 0.1) is 0 Å². The second-order valence-corrected chi connectivity index (χ2v) is 9.09. The minimum atomic E-state index is -3.59. The number of nitrogens with zero attached hydrogens (tertiary/aromatic N) is 1. The van der Waals surface area contributed by atoms with Crippen molar-refractivity contribution in [2.24, 2.45) is 0 Å².